The molecule has 0 aromatic heterocycles. The molecule has 36 valence electrons. The van der Waals surface area contributed by atoms with Gasteiger partial charge in [-0.25, -0.2) is 0 Å². The predicted octanol–water partition coefficient (Wildman–Crippen LogP) is 2.12. The van der Waals surface area contributed by atoms with Crippen LogP contribution in [0.2, 0.25) is 0 Å². The summed E-state index contributed by atoms with van der Waals surface area (Å²) >= 11 is 0. The molecule has 0 aromatic carbocycles. The quantitative estimate of drug-likeness (QED) is 0.411. The fourth-order valence-corrected chi connectivity index (χ4v) is 0. The molecule has 0 radical (unpaired) electrons. The molecule has 0 heterocycles. The fraction of sp³-hybridized carbons (Fsp3) is 0. The summed E-state index contributed by atoms with van der Waals surface area (Å²) in [4.78, 5) is 0. The van der Waals surface area contributed by atoms with Gasteiger partial charge in [-0.3, -0.25) is 0 Å². The van der Waals surface area contributed by atoms with E-state index in [1.165, 1.54) is 0 Å². The summed E-state index contributed by atoms with van der Waals surface area (Å²) in [5.74, 6) is 0. The molecule has 0 fully saturated rings. The van der Waals surface area contributed by atoms with E-state index in [0.29, 0.717) is 0 Å². The van der Waals surface area contributed by atoms with E-state index in [1.807, 2.05) is 0 Å². The second-order valence-electron chi connectivity index (χ2n) is 0.192. The monoisotopic (exact) mass is 195 g/mol. The minimum Gasteiger partial charge on any atom is -0.152 e. The third-order valence-corrected chi connectivity index (χ3v) is 0. The van der Waals surface area contributed by atoms with Crippen molar-refractivity contribution in [3.63, 3.8) is 0 Å². The molecule has 0 saturated carbocycles. The number of rotatable bonds is 0. The molecule has 0 aliphatic heterocycles. The first-order chi connectivity index (χ1) is 1.73. The van der Waals surface area contributed by atoms with Gasteiger partial charge in [0.1, 0.15) is 0 Å². The van der Waals surface area contributed by atoms with E-state index in [2.05, 4.69) is 0 Å². The van der Waals surface area contributed by atoms with Gasteiger partial charge in [-0.05, 0) is 0 Å². The Hall–Kier alpha value is 0.960. The molecule has 0 rings (SSSR count). The van der Waals surface area contributed by atoms with Crippen molar-refractivity contribution in [3.05, 3.63) is 0 Å². The summed E-state index contributed by atoms with van der Waals surface area (Å²) in [5, 5.41) is 0. The zero-order chi connectivity index (χ0) is 3.58. The van der Waals surface area contributed by atoms with Gasteiger partial charge in [0.2, 0.25) is 0 Å². The first kappa shape index (κ1) is 9.35. The van der Waals surface area contributed by atoms with Gasteiger partial charge in [0.05, 0.1) is 0 Å². The van der Waals surface area contributed by atoms with Crippen molar-refractivity contribution in [2.75, 3.05) is 0 Å². The van der Waals surface area contributed by atoms with Crippen LogP contribution in [-0.2, 0) is 22.4 Å². The van der Waals surface area contributed by atoms with Crippen LogP contribution in [0.5, 0.6) is 0 Å². The Morgan fingerprint density at radius 2 is 1.00 bits per heavy atom. The largest absolute Gasteiger partial charge is 1.00 e. The molecule has 0 spiro atoms. The van der Waals surface area contributed by atoms with Crippen LogP contribution in [0.25, 0.3) is 0 Å². The van der Waals surface area contributed by atoms with Gasteiger partial charge in [-0.2, -0.15) is 12.6 Å². The molecule has 0 atom stereocenters. The van der Waals surface area contributed by atoms with Crippen LogP contribution >= 0.6 is 8.85 Å². The van der Waals surface area contributed by atoms with Gasteiger partial charge in [-0.1, -0.05) is 0 Å². The van der Waals surface area contributed by atoms with Crippen LogP contribution in [0.4, 0.5) is 12.6 Å². The molecule has 0 aromatic rings. The van der Waals surface area contributed by atoms with Crippen molar-refractivity contribution in [1.29, 1.82) is 0 Å². The van der Waals surface area contributed by atoms with Gasteiger partial charge >= 0.3 is 31.2 Å². The Kier molecular flexibility index (Phi) is 9.28. The third-order valence-electron chi connectivity index (χ3n) is 0. The molecule has 0 aliphatic rings. The molecule has 5 heteroatoms. The normalized spacial score (nSPS) is 7.20. The molecule has 0 bridgehead atoms. The summed E-state index contributed by atoms with van der Waals surface area (Å²) in [6.45, 7) is 0. The Morgan fingerprint density at radius 1 is 1.00 bits per heavy atom. The van der Waals surface area contributed by atoms with Crippen LogP contribution in [0.1, 0.15) is 0 Å². The van der Waals surface area contributed by atoms with E-state index in [0.717, 1.165) is 0 Å². The second kappa shape index (κ2) is 4.96. The van der Waals surface area contributed by atoms with Gasteiger partial charge < -0.3 is 0 Å². The van der Waals surface area contributed by atoms with Crippen molar-refractivity contribution in [2.24, 2.45) is 0 Å². The van der Waals surface area contributed by atoms with Crippen LogP contribution in [0.15, 0.2) is 0 Å². The Labute approximate surface area is 44.4 Å². The van der Waals surface area contributed by atoms with Gasteiger partial charge in [0.25, 0.3) is 0 Å². The molecule has 0 aliphatic carbocycles. The minimum atomic E-state index is -4.12. The van der Waals surface area contributed by atoms with Gasteiger partial charge in [0, 0.05) is 0 Å². The molecule has 0 amide bonds. The topological polar surface area (TPSA) is 0 Å². The molecule has 0 N–H and O–H groups in total. The van der Waals surface area contributed by atoms with E-state index in [4.69, 9.17) is 0 Å². The zero-order valence-electron chi connectivity index (χ0n) is 1.88. The average molecular weight is 196 g/mol. The Bertz CT molecular complexity index is 11.6. The average Bonchev–Trinajstić information content (AvgIpc) is 0.811. The third kappa shape index (κ3) is 47.1. The first-order valence-corrected chi connectivity index (χ1v) is 1.52. The molecule has 5 heavy (non-hydrogen) atoms. The predicted molar refractivity (Wildman–Crippen MR) is 10.2 cm³/mol. The second-order valence-corrected chi connectivity index (χ2v) is 0.575. The Morgan fingerprint density at radius 3 is 1.00 bits per heavy atom. The van der Waals surface area contributed by atoms with Crippen LogP contribution < -0.4 is 0 Å². The Balaban J connectivity index is 0. The SMILES string of the molecule is FP(F)F.[Ag+]. The van der Waals surface area contributed by atoms with Gasteiger partial charge in [-0.15, -0.1) is 0 Å². The van der Waals surface area contributed by atoms with Crippen LogP contribution in [0, 0.1) is 0 Å². The van der Waals surface area contributed by atoms with Crippen molar-refractivity contribution >= 4 is 8.85 Å². The molecule has 0 saturated heterocycles. The van der Waals surface area contributed by atoms with Crippen molar-refractivity contribution in [3.8, 4) is 0 Å². The van der Waals surface area contributed by atoms with E-state index >= 15 is 0 Å². The summed E-state index contributed by atoms with van der Waals surface area (Å²) in [6.07, 6.45) is 0. The molecular formula is AgF3P+. The fourth-order valence-electron chi connectivity index (χ4n) is 0. The summed E-state index contributed by atoms with van der Waals surface area (Å²) in [5.41, 5.74) is 0. The van der Waals surface area contributed by atoms with Crippen molar-refractivity contribution < 1.29 is 35.0 Å². The smallest absolute Gasteiger partial charge is 0.152 e. The number of halogens is 3. The first-order valence-electron chi connectivity index (χ1n) is 0.507. The zero-order valence-corrected chi connectivity index (χ0v) is 4.26. The van der Waals surface area contributed by atoms with Crippen molar-refractivity contribution in [1.82, 2.24) is 0 Å². The summed E-state index contributed by atoms with van der Waals surface area (Å²) in [7, 11) is -4.12. The maximum Gasteiger partial charge on any atom is 1.00 e. The van der Waals surface area contributed by atoms with Crippen molar-refractivity contribution in [2.45, 2.75) is 0 Å². The van der Waals surface area contributed by atoms with E-state index < -0.39 is 8.85 Å². The van der Waals surface area contributed by atoms with E-state index in [-0.39, 0.29) is 22.4 Å². The molecule has 0 unspecified atom stereocenters. The molecule has 0 nitrogen and oxygen atoms in total. The van der Waals surface area contributed by atoms with Gasteiger partial charge in [0.15, 0.2) is 0 Å². The summed E-state index contributed by atoms with van der Waals surface area (Å²) in [6, 6.07) is 0. The standard InChI is InChI=1S/Ag.F3P/c;1-4(2)3/q+1;. The summed E-state index contributed by atoms with van der Waals surface area (Å²) < 4.78 is 29.2. The van der Waals surface area contributed by atoms with E-state index in [9.17, 15) is 12.6 Å². The van der Waals surface area contributed by atoms with Crippen LogP contribution in [-0.4, -0.2) is 0 Å². The molecular weight excluding hydrogens is 196 g/mol. The minimum absolute atomic E-state index is 0. The van der Waals surface area contributed by atoms with Crippen LogP contribution in [0.3, 0.4) is 0 Å². The van der Waals surface area contributed by atoms with E-state index in [1.54, 1.807) is 0 Å². The number of hydrogen-bond donors (Lipinski definition) is 0. The maximum atomic E-state index is 9.73. The number of hydrogen-bond acceptors (Lipinski definition) is 0. The maximum absolute atomic E-state index is 9.73.